The molecule has 0 unspecified atom stereocenters. The number of pyridine rings is 1. The number of nitrogens with zero attached hydrogens (tertiary/aromatic N) is 3. The summed E-state index contributed by atoms with van der Waals surface area (Å²) in [4.78, 5) is 20.7. The number of imidazole rings is 1. The predicted octanol–water partition coefficient (Wildman–Crippen LogP) is 2.98. The van der Waals surface area contributed by atoms with E-state index in [1.165, 1.54) is 0 Å². The standard InChI is InChI=1S/C19H20N4O/c1-14(2)13-23-17-8-4-3-7-16(17)22-18(23)9-11-21-19(24)15-6-5-10-20-12-15/h3-8,10,12H,1,9,11,13H2,2H3,(H,21,24). The van der Waals surface area contributed by atoms with Crippen LogP contribution < -0.4 is 5.32 Å². The van der Waals surface area contributed by atoms with Crippen molar-refractivity contribution >= 4 is 16.9 Å². The molecular formula is C19H20N4O. The largest absolute Gasteiger partial charge is 0.352 e. The Hall–Kier alpha value is -2.95. The van der Waals surface area contributed by atoms with Gasteiger partial charge >= 0.3 is 0 Å². The molecular weight excluding hydrogens is 300 g/mol. The maximum absolute atomic E-state index is 12.1. The number of amides is 1. The highest BCUT2D eigenvalue weighted by atomic mass is 16.1. The zero-order valence-electron chi connectivity index (χ0n) is 13.7. The van der Waals surface area contributed by atoms with Crippen LogP contribution in [0, 0.1) is 0 Å². The molecule has 24 heavy (non-hydrogen) atoms. The average Bonchev–Trinajstić information content (AvgIpc) is 2.93. The minimum absolute atomic E-state index is 0.120. The highest BCUT2D eigenvalue weighted by Crippen LogP contribution is 2.17. The third-order valence-corrected chi connectivity index (χ3v) is 3.72. The molecule has 1 amide bonds. The number of hydrogen-bond donors (Lipinski definition) is 1. The van der Waals surface area contributed by atoms with Crippen LogP contribution in [0.1, 0.15) is 23.1 Å². The molecule has 0 aliphatic heterocycles. The number of nitrogens with one attached hydrogen (secondary N) is 1. The zero-order chi connectivity index (χ0) is 16.9. The van der Waals surface area contributed by atoms with Gasteiger partial charge in [-0.05, 0) is 31.2 Å². The Kier molecular flexibility index (Phi) is 4.70. The molecule has 0 bridgehead atoms. The quantitative estimate of drug-likeness (QED) is 0.710. The molecule has 0 radical (unpaired) electrons. The zero-order valence-corrected chi connectivity index (χ0v) is 13.7. The molecule has 0 aliphatic rings. The van der Waals surface area contributed by atoms with E-state index in [2.05, 4.69) is 27.5 Å². The Labute approximate surface area is 141 Å². The van der Waals surface area contributed by atoms with Gasteiger partial charge in [-0.2, -0.15) is 0 Å². The normalized spacial score (nSPS) is 10.7. The van der Waals surface area contributed by atoms with Crippen LogP contribution in [0.4, 0.5) is 0 Å². The fourth-order valence-corrected chi connectivity index (χ4v) is 2.65. The third-order valence-electron chi connectivity index (χ3n) is 3.72. The van der Waals surface area contributed by atoms with Gasteiger partial charge in [-0.3, -0.25) is 9.78 Å². The Morgan fingerprint density at radius 1 is 1.25 bits per heavy atom. The average molecular weight is 320 g/mol. The Bertz CT molecular complexity index is 867. The summed E-state index contributed by atoms with van der Waals surface area (Å²) in [6, 6.07) is 11.5. The van der Waals surface area contributed by atoms with Gasteiger partial charge in [-0.1, -0.05) is 24.3 Å². The molecule has 5 heteroatoms. The first-order chi connectivity index (χ1) is 11.6. The summed E-state index contributed by atoms with van der Waals surface area (Å²) < 4.78 is 2.16. The highest BCUT2D eigenvalue weighted by Gasteiger charge is 2.11. The van der Waals surface area contributed by atoms with E-state index in [9.17, 15) is 4.79 Å². The van der Waals surface area contributed by atoms with E-state index in [0.717, 1.165) is 29.0 Å². The van der Waals surface area contributed by atoms with Crippen LogP contribution >= 0.6 is 0 Å². The fourth-order valence-electron chi connectivity index (χ4n) is 2.65. The number of allylic oxidation sites excluding steroid dienone is 1. The number of fused-ring (bicyclic) bond motifs is 1. The van der Waals surface area contributed by atoms with Gasteiger partial charge in [0.05, 0.1) is 16.6 Å². The number of hydrogen-bond acceptors (Lipinski definition) is 3. The van der Waals surface area contributed by atoms with Gasteiger partial charge in [0.15, 0.2) is 0 Å². The maximum Gasteiger partial charge on any atom is 0.252 e. The Morgan fingerprint density at radius 2 is 2.08 bits per heavy atom. The van der Waals surface area contributed by atoms with E-state index in [0.29, 0.717) is 18.5 Å². The smallest absolute Gasteiger partial charge is 0.252 e. The van der Waals surface area contributed by atoms with Crippen molar-refractivity contribution in [3.05, 3.63) is 72.3 Å². The van der Waals surface area contributed by atoms with Crippen LogP contribution in [-0.2, 0) is 13.0 Å². The van der Waals surface area contributed by atoms with Crippen molar-refractivity contribution in [2.24, 2.45) is 0 Å². The lowest BCUT2D eigenvalue weighted by molar-refractivity contribution is 0.0953. The van der Waals surface area contributed by atoms with Crippen LogP contribution in [0.3, 0.4) is 0 Å². The number of aromatic nitrogens is 3. The van der Waals surface area contributed by atoms with Gasteiger partial charge in [-0.15, -0.1) is 0 Å². The second-order valence-electron chi connectivity index (χ2n) is 5.81. The lowest BCUT2D eigenvalue weighted by Crippen LogP contribution is -2.26. The number of rotatable bonds is 6. The maximum atomic E-state index is 12.1. The third kappa shape index (κ3) is 3.51. The van der Waals surface area contributed by atoms with E-state index in [4.69, 9.17) is 4.98 Å². The molecule has 2 heterocycles. The molecule has 0 saturated heterocycles. The van der Waals surface area contributed by atoms with Gasteiger partial charge in [0.25, 0.3) is 5.91 Å². The van der Waals surface area contributed by atoms with Crippen molar-refractivity contribution in [3.8, 4) is 0 Å². The number of carbonyl (C=O) groups excluding carboxylic acids is 1. The monoisotopic (exact) mass is 320 g/mol. The molecule has 122 valence electrons. The number of carbonyl (C=O) groups is 1. The minimum Gasteiger partial charge on any atom is -0.352 e. The first kappa shape index (κ1) is 15.9. The van der Waals surface area contributed by atoms with Crippen molar-refractivity contribution in [2.45, 2.75) is 19.9 Å². The SMILES string of the molecule is C=C(C)Cn1c(CCNC(=O)c2cccnc2)nc2ccccc21. The van der Waals surface area contributed by atoms with Crippen LogP contribution in [0.2, 0.25) is 0 Å². The van der Waals surface area contributed by atoms with Crippen molar-refractivity contribution in [1.29, 1.82) is 0 Å². The summed E-state index contributed by atoms with van der Waals surface area (Å²) in [6.45, 7) is 7.25. The molecule has 5 nitrogen and oxygen atoms in total. The fraction of sp³-hybridized carbons (Fsp3) is 0.211. The van der Waals surface area contributed by atoms with E-state index >= 15 is 0 Å². The van der Waals surface area contributed by atoms with Gasteiger partial charge < -0.3 is 9.88 Å². The molecule has 0 aliphatic carbocycles. The van der Waals surface area contributed by atoms with Crippen LogP contribution in [0.25, 0.3) is 11.0 Å². The summed E-state index contributed by atoms with van der Waals surface area (Å²) >= 11 is 0. The van der Waals surface area contributed by atoms with E-state index in [-0.39, 0.29) is 5.91 Å². The van der Waals surface area contributed by atoms with Gasteiger partial charge in [0, 0.05) is 31.9 Å². The first-order valence-electron chi connectivity index (χ1n) is 7.92. The minimum atomic E-state index is -0.120. The van der Waals surface area contributed by atoms with Gasteiger partial charge in [-0.25, -0.2) is 4.98 Å². The summed E-state index contributed by atoms with van der Waals surface area (Å²) in [7, 11) is 0. The second kappa shape index (κ2) is 7.08. The molecule has 0 spiro atoms. The summed E-state index contributed by atoms with van der Waals surface area (Å²) in [5, 5.41) is 2.92. The number of benzene rings is 1. The molecule has 3 rings (SSSR count). The van der Waals surface area contributed by atoms with E-state index in [1.807, 2.05) is 25.1 Å². The molecule has 0 fully saturated rings. The molecule has 3 aromatic rings. The van der Waals surface area contributed by atoms with Crippen molar-refractivity contribution in [1.82, 2.24) is 19.9 Å². The second-order valence-corrected chi connectivity index (χ2v) is 5.81. The van der Waals surface area contributed by atoms with Crippen molar-refractivity contribution in [3.63, 3.8) is 0 Å². The van der Waals surface area contributed by atoms with E-state index in [1.54, 1.807) is 24.5 Å². The molecule has 1 N–H and O–H groups in total. The Morgan fingerprint density at radius 3 is 2.83 bits per heavy atom. The summed E-state index contributed by atoms with van der Waals surface area (Å²) in [5.41, 5.74) is 3.69. The summed E-state index contributed by atoms with van der Waals surface area (Å²) in [5.74, 6) is 0.830. The van der Waals surface area contributed by atoms with Gasteiger partial charge in [0.2, 0.25) is 0 Å². The topological polar surface area (TPSA) is 59.8 Å². The lowest BCUT2D eigenvalue weighted by Gasteiger charge is -2.09. The van der Waals surface area contributed by atoms with Gasteiger partial charge in [0.1, 0.15) is 5.82 Å². The van der Waals surface area contributed by atoms with Crippen LogP contribution in [-0.4, -0.2) is 27.0 Å². The Balaban J connectivity index is 1.73. The number of para-hydroxylation sites is 2. The molecule has 0 saturated carbocycles. The lowest BCUT2D eigenvalue weighted by atomic mass is 10.2. The van der Waals surface area contributed by atoms with Crippen LogP contribution in [0.15, 0.2) is 60.9 Å². The molecule has 0 atom stereocenters. The molecule has 1 aromatic carbocycles. The first-order valence-corrected chi connectivity index (χ1v) is 7.92. The predicted molar refractivity (Wildman–Crippen MR) is 94.8 cm³/mol. The molecule has 2 aromatic heterocycles. The van der Waals surface area contributed by atoms with E-state index < -0.39 is 0 Å². The van der Waals surface area contributed by atoms with Crippen molar-refractivity contribution in [2.75, 3.05) is 6.54 Å². The van der Waals surface area contributed by atoms with Crippen molar-refractivity contribution < 1.29 is 4.79 Å². The summed E-state index contributed by atoms with van der Waals surface area (Å²) in [6.07, 6.45) is 3.87. The highest BCUT2D eigenvalue weighted by molar-refractivity contribution is 5.93. The van der Waals surface area contributed by atoms with Crippen LogP contribution in [0.5, 0.6) is 0 Å².